The fourth-order valence-corrected chi connectivity index (χ4v) is 5.70. The summed E-state index contributed by atoms with van der Waals surface area (Å²) in [4.78, 5) is 37.4. The molecule has 214 valence electrons. The van der Waals surface area contributed by atoms with Crippen molar-refractivity contribution in [2.45, 2.75) is 13.5 Å². The lowest BCUT2D eigenvalue weighted by Crippen LogP contribution is -2.47. The van der Waals surface area contributed by atoms with Crippen molar-refractivity contribution in [1.82, 2.24) is 29.0 Å². The molecule has 1 fully saturated rings. The number of hydrogen-bond acceptors (Lipinski definition) is 12. The van der Waals surface area contributed by atoms with Crippen LogP contribution in [0.5, 0.6) is 5.75 Å². The summed E-state index contributed by atoms with van der Waals surface area (Å²) < 4.78 is 34.0. The first-order valence-corrected chi connectivity index (χ1v) is 13.9. The lowest BCUT2D eigenvalue weighted by atomic mass is 10.2. The van der Waals surface area contributed by atoms with E-state index in [1.165, 1.54) is 16.8 Å². The summed E-state index contributed by atoms with van der Waals surface area (Å²) >= 11 is 1.05. The number of rotatable bonds is 9. The third kappa shape index (κ3) is 5.32. The molecule has 0 bridgehead atoms. The highest BCUT2D eigenvalue weighted by molar-refractivity contribution is 7.17. The Morgan fingerprint density at radius 1 is 1.15 bits per heavy atom. The monoisotopic (exact) mass is 582 g/mol. The molecule has 5 heterocycles. The molecule has 41 heavy (non-hydrogen) atoms. The molecular weight excluding hydrogens is 555 g/mol. The number of nitrogens with two attached hydrogens (primary N) is 1. The van der Waals surface area contributed by atoms with E-state index in [0.717, 1.165) is 11.3 Å². The molecule has 13 nitrogen and oxygen atoms in total. The van der Waals surface area contributed by atoms with Gasteiger partial charge in [-0.05, 0) is 31.2 Å². The second-order valence-electron chi connectivity index (χ2n) is 9.33. The SMILES string of the molecule is CCOC(=O)COc1ccc(N2CCN(CCn3c(=O)sc4c3nc(N)n3nc(-c5ccco5)nc43)CC2)c(F)c1. The van der Waals surface area contributed by atoms with Crippen molar-refractivity contribution < 1.29 is 23.1 Å². The molecular formula is C26H27FN8O5S. The highest BCUT2D eigenvalue weighted by Crippen LogP contribution is 2.27. The third-order valence-corrected chi connectivity index (χ3v) is 7.76. The number of benzene rings is 1. The smallest absolute Gasteiger partial charge is 0.344 e. The molecule has 6 rings (SSSR count). The normalized spacial score (nSPS) is 14.2. The first-order chi connectivity index (χ1) is 19.9. The minimum absolute atomic E-state index is 0.123. The summed E-state index contributed by atoms with van der Waals surface area (Å²) in [5.74, 6) is 0.311. The van der Waals surface area contributed by atoms with E-state index in [0.29, 0.717) is 72.5 Å². The van der Waals surface area contributed by atoms with Crippen LogP contribution in [0.15, 0.2) is 45.8 Å². The predicted molar refractivity (Wildman–Crippen MR) is 150 cm³/mol. The fraction of sp³-hybridized carbons (Fsp3) is 0.346. The van der Waals surface area contributed by atoms with E-state index in [4.69, 9.17) is 19.6 Å². The van der Waals surface area contributed by atoms with Crippen LogP contribution in [0.4, 0.5) is 16.0 Å². The molecule has 0 amide bonds. The van der Waals surface area contributed by atoms with Gasteiger partial charge in [-0.25, -0.2) is 14.2 Å². The summed E-state index contributed by atoms with van der Waals surface area (Å²) in [6, 6.07) is 8.06. The Bertz CT molecular complexity index is 1760. The zero-order chi connectivity index (χ0) is 28.5. The summed E-state index contributed by atoms with van der Waals surface area (Å²) in [6.07, 6.45) is 1.53. The summed E-state index contributed by atoms with van der Waals surface area (Å²) in [5.41, 5.74) is 7.56. The fourth-order valence-electron chi connectivity index (χ4n) is 4.77. The van der Waals surface area contributed by atoms with Crippen molar-refractivity contribution >= 4 is 44.9 Å². The van der Waals surface area contributed by atoms with Gasteiger partial charge in [0.05, 0.1) is 18.6 Å². The number of thiazole rings is 1. The van der Waals surface area contributed by atoms with Crippen LogP contribution in [0.2, 0.25) is 0 Å². The number of anilines is 2. The summed E-state index contributed by atoms with van der Waals surface area (Å²) in [7, 11) is 0. The minimum atomic E-state index is -0.504. The van der Waals surface area contributed by atoms with Crippen LogP contribution in [0.25, 0.3) is 27.6 Å². The van der Waals surface area contributed by atoms with Crippen molar-refractivity contribution in [3.8, 4) is 17.3 Å². The van der Waals surface area contributed by atoms with Gasteiger partial charge in [-0.3, -0.25) is 14.3 Å². The van der Waals surface area contributed by atoms with E-state index in [1.54, 1.807) is 35.8 Å². The first-order valence-electron chi connectivity index (χ1n) is 13.1. The number of hydrogen-bond donors (Lipinski definition) is 1. The number of esters is 1. The number of carbonyl (C=O) groups excluding carboxylic acids is 1. The van der Waals surface area contributed by atoms with Crippen molar-refractivity contribution in [2.24, 2.45) is 0 Å². The highest BCUT2D eigenvalue weighted by atomic mass is 32.1. The molecule has 0 aliphatic carbocycles. The van der Waals surface area contributed by atoms with Crippen LogP contribution >= 0.6 is 11.3 Å². The maximum absolute atomic E-state index is 14.8. The number of ether oxygens (including phenoxy) is 2. The van der Waals surface area contributed by atoms with Gasteiger partial charge in [-0.2, -0.15) is 9.50 Å². The van der Waals surface area contributed by atoms with E-state index >= 15 is 0 Å². The number of piperazine rings is 1. The van der Waals surface area contributed by atoms with Crippen molar-refractivity contribution in [1.29, 1.82) is 0 Å². The maximum atomic E-state index is 14.8. The van der Waals surface area contributed by atoms with Crippen molar-refractivity contribution in [2.75, 3.05) is 56.6 Å². The van der Waals surface area contributed by atoms with Crippen LogP contribution in [0.1, 0.15) is 6.92 Å². The van der Waals surface area contributed by atoms with Crippen LogP contribution in [-0.4, -0.2) is 81.0 Å². The van der Waals surface area contributed by atoms with Crippen LogP contribution in [-0.2, 0) is 16.1 Å². The number of fused-ring (bicyclic) bond motifs is 3. The quantitative estimate of drug-likeness (QED) is 0.255. The predicted octanol–water partition coefficient (Wildman–Crippen LogP) is 2.25. The van der Waals surface area contributed by atoms with Crippen LogP contribution in [0.3, 0.4) is 0 Å². The summed E-state index contributed by atoms with van der Waals surface area (Å²) in [6.45, 7) is 5.32. The molecule has 0 atom stereocenters. The Kier molecular flexibility index (Phi) is 7.28. The van der Waals surface area contributed by atoms with Gasteiger partial charge in [-0.15, -0.1) is 5.10 Å². The van der Waals surface area contributed by atoms with E-state index in [2.05, 4.69) is 20.0 Å². The molecule has 15 heteroatoms. The Hall–Kier alpha value is -4.50. The highest BCUT2D eigenvalue weighted by Gasteiger charge is 2.23. The van der Waals surface area contributed by atoms with Gasteiger partial charge in [0.15, 0.2) is 23.7 Å². The molecule has 1 saturated heterocycles. The lowest BCUT2D eigenvalue weighted by molar-refractivity contribution is -0.145. The Morgan fingerprint density at radius 2 is 1.98 bits per heavy atom. The molecule has 1 aromatic carbocycles. The zero-order valence-electron chi connectivity index (χ0n) is 22.2. The number of furan rings is 1. The van der Waals surface area contributed by atoms with Crippen LogP contribution in [0, 0.1) is 5.82 Å². The van der Waals surface area contributed by atoms with E-state index in [-0.39, 0.29) is 29.8 Å². The largest absolute Gasteiger partial charge is 0.482 e. The van der Waals surface area contributed by atoms with E-state index in [9.17, 15) is 14.0 Å². The summed E-state index contributed by atoms with van der Waals surface area (Å²) in [5, 5.41) is 4.38. The number of nitrogens with zero attached hydrogens (tertiary/aromatic N) is 7. The molecule has 1 aliphatic heterocycles. The van der Waals surface area contributed by atoms with Gasteiger partial charge in [-0.1, -0.05) is 11.3 Å². The average molecular weight is 583 g/mol. The zero-order valence-corrected chi connectivity index (χ0v) is 23.0. The van der Waals surface area contributed by atoms with Gasteiger partial charge < -0.3 is 24.5 Å². The molecule has 0 saturated carbocycles. The topological polar surface area (TPSA) is 146 Å². The van der Waals surface area contributed by atoms with Crippen molar-refractivity contribution in [3.63, 3.8) is 0 Å². The number of aromatic nitrogens is 5. The molecule has 2 N–H and O–H groups in total. The number of halogens is 1. The molecule has 1 aliphatic rings. The van der Waals surface area contributed by atoms with Gasteiger partial charge in [0.1, 0.15) is 16.3 Å². The van der Waals surface area contributed by atoms with Gasteiger partial charge in [0, 0.05) is 45.3 Å². The van der Waals surface area contributed by atoms with E-state index < -0.39 is 11.8 Å². The van der Waals surface area contributed by atoms with Crippen LogP contribution < -0.4 is 20.2 Å². The number of carbonyl (C=O) groups is 1. The molecule has 0 radical (unpaired) electrons. The minimum Gasteiger partial charge on any atom is -0.482 e. The second kappa shape index (κ2) is 11.2. The first kappa shape index (κ1) is 26.7. The molecule has 0 unspecified atom stereocenters. The van der Waals surface area contributed by atoms with Crippen molar-refractivity contribution in [3.05, 3.63) is 52.1 Å². The van der Waals surface area contributed by atoms with Gasteiger partial charge in [0.25, 0.3) is 0 Å². The lowest BCUT2D eigenvalue weighted by Gasteiger charge is -2.36. The Labute approximate surface area is 236 Å². The standard InChI is InChI=1S/C26H27FN8O5S/c1-2-38-20(36)15-40-16-5-6-18(17(27)14-16)33-10-7-32(8-11-33)9-12-34-23-21(41-26(34)37)24-29-22(19-4-3-13-39-19)31-35(24)25(28)30-23/h3-6,13-14H,2,7-12,15H2,1H3,(H2,28,30). The van der Waals surface area contributed by atoms with E-state index in [1.807, 2.05) is 4.90 Å². The molecule has 0 spiro atoms. The maximum Gasteiger partial charge on any atom is 0.344 e. The van der Waals surface area contributed by atoms with Gasteiger partial charge in [0.2, 0.25) is 11.8 Å². The number of nitrogen functional groups attached to an aromatic ring is 1. The molecule has 4 aromatic heterocycles. The Morgan fingerprint density at radius 3 is 2.71 bits per heavy atom. The molecule has 5 aromatic rings. The average Bonchev–Trinajstić information content (AvgIpc) is 3.71. The second-order valence-corrected chi connectivity index (χ2v) is 10.3. The van der Waals surface area contributed by atoms with Gasteiger partial charge >= 0.3 is 10.8 Å². The third-order valence-electron chi connectivity index (χ3n) is 6.79. The Balaban J connectivity index is 1.10.